The number of hydrogen-bond donors (Lipinski definition) is 0. The molecule has 4 nitrogen and oxygen atoms in total. The minimum Gasteiger partial charge on any atom is -0.362 e. The normalized spacial score (nSPS) is 16.9. The van der Waals surface area contributed by atoms with Gasteiger partial charge in [0.25, 0.3) is 0 Å². The molecule has 1 aliphatic rings. The van der Waals surface area contributed by atoms with Gasteiger partial charge in [0.05, 0.1) is 16.1 Å². The Morgan fingerprint density at radius 3 is 2.65 bits per heavy atom. The van der Waals surface area contributed by atoms with E-state index in [4.69, 9.17) is 11.6 Å². The molecule has 34 heavy (non-hydrogen) atoms. The molecule has 0 bridgehead atoms. The van der Waals surface area contributed by atoms with Crippen LogP contribution >= 0.6 is 11.6 Å². The fourth-order valence-electron chi connectivity index (χ4n) is 4.40. The van der Waals surface area contributed by atoms with Crippen LogP contribution in [0.2, 0.25) is 5.02 Å². The number of likely N-dealkylation sites (tertiary alicyclic amines) is 1. The van der Waals surface area contributed by atoms with Gasteiger partial charge in [-0.25, -0.2) is 4.39 Å². The van der Waals surface area contributed by atoms with Gasteiger partial charge in [0.15, 0.2) is 0 Å². The summed E-state index contributed by atoms with van der Waals surface area (Å²) in [5, 5.41) is 9.37. The van der Waals surface area contributed by atoms with Crippen molar-refractivity contribution in [3.8, 4) is 6.07 Å². The monoisotopic (exact) mass is 495 g/mol. The van der Waals surface area contributed by atoms with Gasteiger partial charge in [0.1, 0.15) is 11.9 Å². The quantitative estimate of drug-likeness (QED) is 0.417. The van der Waals surface area contributed by atoms with E-state index in [-0.39, 0.29) is 40.6 Å². The molecule has 2 atom stereocenters. The highest BCUT2D eigenvalue weighted by Gasteiger charge is 2.36. The summed E-state index contributed by atoms with van der Waals surface area (Å²) in [4.78, 5) is 16.3. The third-order valence-corrected chi connectivity index (χ3v) is 6.49. The number of halogens is 5. The SMILES string of the molecule is CCCC(C)C(=O)N1CC[C@H](N(Cc2ccc(F)cc2C(F)(F)F)c2ccc(C#N)c(Cl)c2)C1. The van der Waals surface area contributed by atoms with E-state index in [1.807, 2.05) is 19.9 Å². The average molecular weight is 496 g/mol. The summed E-state index contributed by atoms with van der Waals surface area (Å²) in [5.74, 6) is -1.07. The second-order valence-electron chi connectivity index (χ2n) is 8.62. The van der Waals surface area contributed by atoms with Crippen LogP contribution in [0.1, 0.15) is 49.8 Å². The Bertz CT molecular complexity index is 1080. The van der Waals surface area contributed by atoms with Crippen molar-refractivity contribution in [1.29, 1.82) is 5.26 Å². The molecule has 2 aromatic carbocycles. The van der Waals surface area contributed by atoms with Crippen LogP contribution in [-0.4, -0.2) is 29.9 Å². The van der Waals surface area contributed by atoms with E-state index in [0.29, 0.717) is 31.3 Å². The Hall–Kier alpha value is -2.79. The van der Waals surface area contributed by atoms with Crippen LogP contribution in [0.15, 0.2) is 36.4 Å². The number of nitriles is 1. The van der Waals surface area contributed by atoms with Gasteiger partial charge in [-0.2, -0.15) is 18.4 Å². The summed E-state index contributed by atoms with van der Waals surface area (Å²) in [6.45, 7) is 4.58. The summed E-state index contributed by atoms with van der Waals surface area (Å²) >= 11 is 6.22. The minimum atomic E-state index is -4.72. The van der Waals surface area contributed by atoms with Crippen molar-refractivity contribution in [3.05, 3.63) is 63.9 Å². The van der Waals surface area contributed by atoms with E-state index in [0.717, 1.165) is 25.0 Å². The molecule has 3 rings (SSSR count). The number of anilines is 1. The van der Waals surface area contributed by atoms with Gasteiger partial charge in [0, 0.05) is 37.3 Å². The first-order chi connectivity index (χ1) is 16.0. The van der Waals surface area contributed by atoms with Crippen molar-refractivity contribution >= 4 is 23.2 Å². The third kappa shape index (κ3) is 5.82. The zero-order chi connectivity index (χ0) is 25.0. The van der Waals surface area contributed by atoms with E-state index in [2.05, 4.69) is 0 Å². The smallest absolute Gasteiger partial charge is 0.362 e. The highest BCUT2D eigenvalue weighted by molar-refractivity contribution is 6.32. The molecular formula is C25H26ClF4N3O. The van der Waals surface area contributed by atoms with Crippen molar-refractivity contribution in [1.82, 2.24) is 4.90 Å². The maximum atomic E-state index is 13.7. The van der Waals surface area contributed by atoms with Crippen LogP contribution in [-0.2, 0) is 17.5 Å². The lowest BCUT2D eigenvalue weighted by Crippen LogP contribution is -2.40. The minimum absolute atomic E-state index is 0.0277. The van der Waals surface area contributed by atoms with Crippen LogP contribution in [0, 0.1) is 23.1 Å². The lowest BCUT2D eigenvalue weighted by atomic mass is 10.0. The Balaban J connectivity index is 1.96. The average Bonchev–Trinajstić information content (AvgIpc) is 3.27. The lowest BCUT2D eigenvalue weighted by Gasteiger charge is -2.33. The molecule has 9 heteroatoms. The molecule has 0 aliphatic carbocycles. The number of carbonyl (C=O) groups is 1. The molecule has 1 unspecified atom stereocenters. The molecule has 182 valence electrons. The van der Waals surface area contributed by atoms with E-state index >= 15 is 0 Å². The number of benzene rings is 2. The van der Waals surface area contributed by atoms with Crippen molar-refractivity contribution in [2.75, 3.05) is 18.0 Å². The molecule has 2 aromatic rings. The van der Waals surface area contributed by atoms with Crippen molar-refractivity contribution in [3.63, 3.8) is 0 Å². The summed E-state index contributed by atoms with van der Waals surface area (Å²) in [5.41, 5.74) is -0.347. The molecule has 1 amide bonds. The van der Waals surface area contributed by atoms with E-state index in [1.165, 1.54) is 6.07 Å². The van der Waals surface area contributed by atoms with Gasteiger partial charge in [-0.1, -0.05) is 37.9 Å². The molecule has 0 saturated carbocycles. The highest BCUT2D eigenvalue weighted by atomic mass is 35.5. The van der Waals surface area contributed by atoms with Gasteiger partial charge in [-0.15, -0.1) is 0 Å². The standard InChI is InChI=1S/C25H26ClF4N3O/c1-3-4-16(2)24(34)32-10-9-21(15-32)33(20-8-6-17(13-31)23(26)12-20)14-18-5-7-19(27)11-22(18)25(28,29)30/h5-8,11-12,16,21H,3-4,9-10,14-15H2,1-2H3/t16?,21-/m0/s1. The number of rotatable bonds is 7. The zero-order valence-electron chi connectivity index (χ0n) is 19.0. The van der Waals surface area contributed by atoms with Gasteiger partial charge in [-0.3, -0.25) is 4.79 Å². The Kier molecular flexibility index (Phi) is 8.09. The largest absolute Gasteiger partial charge is 0.416 e. The zero-order valence-corrected chi connectivity index (χ0v) is 19.8. The molecule has 0 spiro atoms. The first-order valence-electron chi connectivity index (χ1n) is 11.2. The molecule has 1 aliphatic heterocycles. The second kappa shape index (κ2) is 10.6. The predicted molar refractivity (Wildman–Crippen MR) is 123 cm³/mol. The van der Waals surface area contributed by atoms with E-state index in [1.54, 1.807) is 21.9 Å². The molecule has 1 fully saturated rings. The number of amides is 1. The summed E-state index contributed by atoms with van der Waals surface area (Å²) in [6.07, 6.45) is -2.52. The molecule has 1 heterocycles. The van der Waals surface area contributed by atoms with Crippen molar-refractivity contribution < 1.29 is 22.4 Å². The van der Waals surface area contributed by atoms with Crippen molar-refractivity contribution in [2.45, 2.75) is 51.9 Å². The fraction of sp³-hybridized carbons (Fsp3) is 0.440. The Labute approximate surface area is 201 Å². The van der Waals surface area contributed by atoms with Gasteiger partial charge in [0.2, 0.25) is 5.91 Å². The fourth-order valence-corrected chi connectivity index (χ4v) is 4.62. The van der Waals surface area contributed by atoms with Crippen LogP contribution < -0.4 is 4.90 Å². The molecular weight excluding hydrogens is 470 g/mol. The summed E-state index contributed by atoms with van der Waals surface area (Å²) < 4.78 is 54.6. The molecule has 0 aromatic heterocycles. The van der Waals surface area contributed by atoms with Gasteiger partial charge in [-0.05, 0) is 48.7 Å². The second-order valence-corrected chi connectivity index (χ2v) is 9.03. The highest BCUT2D eigenvalue weighted by Crippen LogP contribution is 2.36. The van der Waals surface area contributed by atoms with E-state index in [9.17, 15) is 27.6 Å². The Morgan fingerprint density at radius 1 is 1.29 bits per heavy atom. The van der Waals surface area contributed by atoms with Gasteiger partial charge >= 0.3 is 6.18 Å². The van der Waals surface area contributed by atoms with Gasteiger partial charge < -0.3 is 9.80 Å². The first-order valence-corrected chi connectivity index (χ1v) is 11.5. The lowest BCUT2D eigenvalue weighted by molar-refractivity contribution is -0.138. The summed E-state index contributed by atoms with van der Waals surface area (Å²) in [6, 6.07) is 9.02. The predicted octanol–water partition coefficient (Wildman–Crippen LogP) is 6.41. The maximum absolute atomic E-state index is 13.7. The van der Waals surface area contributed by atoms with Crippen LogP contribution in [0.25, 0.3) is 0 Å². The van der Waals surface area contributed by atoms with Crippen molar-refractivity contribution in [2.24, 2.45) is 5.92 Å². The first kappa shape index (κ1) is 25.8. The van der Waals surface area contributed by atoms with E-state index < -0.39 is 17.6 Å². The van der Waals surface area contributed by atoms with Crippen LogP contribution in [0.5, 0.6) is 0 Å². The number of hydrogen-bond acceptors (Lipinski definition) is 3. The maximum Gasteiger partial charge on any atom is 0.416 e. The molecule has 1 saturated heterocycles. The molecule has 0 N–H and O–H groups in total. The number of alkyl halides is 3. The van der Waals surface area contributed by atoms with Crippen LogP contribution in [0.4, 0.5) is 23.2 Å². The Morgan fingerprint density at radius 2 is 2.03 bits per heavy atom. The molecule has 0 radical (unpaired) electrons. The summed E-state index contributed by atoms with van der Waals surface area (Å²) in [7, 11) is 0. The number of carbonyl (C=O) groups excluding carboxylic acids is 1. The van der Waals surface area contributed by atoms with Crippen LogP contribution in [0.3, 0.4) is 0 Å². The number of nitrogens with zero attached hydrogens (tertiary/aromatic N) is 3. The third-order valence-electron chi connectivity index (χ3n) is 6.18. The topological polar surface area (TPSA) is 47.3 Å².